The van der Waals surface area contributed by atoms with Crippen molar-refractivity contribution in [1.82, 2.24) is 0 Å². The number of carbonyl (C=O) groups is 3. The first-order chi connectivity index (χ1) is 16.8. The number of halogens is 1. The van der Waals surface area contributed by atoms with E-state index in [1.807, 2.05) is 43.3 Å². The predicted molar refractivity (Wildman–Crippen MR) is 134 cm³/mol. The number of para-hydroxylation sites is 1. The number of carbonyl (C=O) groups excluding carboxylic acids is 2. The van der Waals surface area contributed by atoms with Crippen LogP contribution in [0, 0.1) is 0 Å². The van der Waals surface area contributed by atoms with Gasteiger partial charge in [-0.1, -0.05) is 29.8 Å². The molecule has 2 amide bonds. The van der Waals surface area contributed by atoms with E-state index in [1.165, 1.54) is 6.92 Å². The molecule has 1 aliphatic heterocycles. The number of aliphatic carboxylic acids is 1. The molecule has 4 rings (SSSR count). The first-order valence-corrected chi connectivity index (χ1v) is 11.6. The molecule has 3 aromatic rings. The van der Waals surface area contributed by atoms with Gasteiger partial charge in [0.15, 0.2) is 6.61 Å². The molecule has 0 aromatic heterocycles. The highest BCUT2D eigenvalue weighted by molar-refractivity contribution is 6.30. The second-order valence-corrected chi connectivity index (χ2v) is 8.84. The molecule has 1 N–H and O–H groups in total. The fourth-order valence-corrected chi connectivity index (χ4v) is 4.62. The minimum Gasteiger partial charge on any atom is -0.482 e. The van der Waals surface area contributed by atoms with Gasteiger partial charge in [-0.2, -0.15) is 0 Å². The number of hydrogen-bond acceptors (Lipinski definition) is 4. The van der Waals surface area contributed by atoms with Crippen LogP contribution in [-0.2, 0) is 9.59 Å². The number of benzene rings is 3. The lowest BCUT2D eigenvalue weighted by atomic mass is 9.89. The first-order valence-electron chi connectivity index (χ1n) is 11.2. The third kappa shape index (κ3) is 5.15. The number of amides is 2. The molecule has 0 saturated heterocycles. The highest BCUT2D eigenvalue weighted by Crippen LogP contribution is 2.42. The Morgan fingerprint density at radius 3 is 2.31 bits per heavy atom. The molecule has 0 radical (unpaired) electrons. The Morgan fingerprint density at radius 1 is 1.03 bits per heavy atom. The van der Waals surface area contributed by atoms with E-state index in [2.05, 4.69) is 0 Å². The molecule has 180 valence electrons. The summed E-state index contributed by atoms with van der Waals surface area (Å²) in [4.78, 5) is 40.6. The van der Waals surface area contributed by atoms with E-state index in [9.17, 15) is 14.4 Å². The summed E-state index contributed by atoms with van der Waals surface area (Å²) in [7, 11) is 0. The zero-order valence-corrected chi connectivity index (χ0v) is 20.1. The van der Waals surface area contributed by atoms with Crippen LogP contribution in [0.1, 0.15) is 42.2 Å². The molecule has 2 atom stereocenters. The lowest BCUT2D eigenvalue weighted by Gasteiger charge is -2.43. The van der Waals surface area contributed by atoms with E-state index in [1.54, 1.807) is 46.2 Å². The maximum absolute atomic E-state index is 13.6. The van der Waals surface area contributed by atoms with Gasteiger partial charge in [0.2, 0.25) is 5.91 Å². The minimum absolute atomic E-state index is 0.101. The molecule has 35 heavy (non-hydrogen) atoms. The van der Waals surface area contributed by atoms with E-state index in [0.29, 0.717) is 22.8 Å². The molecule has 0 fully saturated rings. The average molecular weight is 493 g/mol. The number of carboxylic acids is 1. The lowest BCUT2D eigenvalue weighted by Crippen LogP contribution is -2.47. The number of fused-ring (bicyclic) bond motifs is 1. The zero-order valence-electron chi connectivity index (χ0n) is 19.3. The third-order valence-corrected chi connectivity index (χ3v) is 6.25. The summed E-state index contributed by atoms with van der Waals surface area (Å²) >= 11 is 6.06. The molecule has 0 unspecified atom stereocenters. The average Bonchev–Trinajstić information content (AvgIpc) is 2.84. The Kier molecular flexibility index (Phi) is 7.07. The monoisotopic (exact) mass is 492 g/mol. The Bertz CT molecular complexity index is 1240. The minimum atomic E-state index is -1.07. The van der Waals surface area contributed by atoms with Gasteiger partial charge < -0.3 is 19.6 Å². The molecule has 1 aliphatic rings. The number of rotatable bonds is 6. The normalized spacial score (nSPS) is 16.8. The maximum Gasteiger partial charge on any atom is 0.341 e. The van der Waals surface area contributed by atoms with Crippen molar-refractivity contribution in [2.45, 2.75) is 32.4 Å². The second-order valence-electron chi connectivity index (χ2n) is 8.41. The summed E-state index contributed by atoms with van der Waals surface area (Å²) in [5.74, 6) is -0.988. The van der Waals surface area contributed by atoms with Crippen LogP contribution < -0.4 is 14.5 Å². The molecule has 3 aromatic carbocycles. The SMILES string of the molecule is CC(=O)N(c1ccc(Cl)cc1)[C@@H]1C[C@H](C)N(C(=O)c2ccc(OCC(=O)O)cc2)c2ccccc21. The Labute approximate surface area is 208 Å². The standard InChI is InChI=1S/C27H25ClN2O5/c1-17-15-25(30(18(2)31)21-11-9-20(28)10-12-21)23-5-3-4-6-24(23)29(17)27(34)19-7-13-22(14-8-19)35-16-26(32)33/h3-14,17,25H,15-16H2,1-2H3,(H,32,33)/t17-,25+/m0/s1. The Morgan fingerprint density at radius 2 is 1.69 bits per heavy atom. The van der Waals surface area contributed by atoms with Crippen molar-refractivity contribution < 1.29 is 24.2 Å². The summed E-state index contributed by atoms with van der Waals surface area (Å²) in [5, 5.41) is 9.36. The summed E-state index contributed by atoms with van der Waals surface area (Å²) in [6.07, 6.45) is 0.546. The van der Waals surface area contributed by atoms with Crippen molar-refractivity contribution >= 4 is 40.8 Å². The number of hydrogen-bond donors (Lipinski definition) is 1. The number of nitrogens with zero attached hydrogens (tertiary/aromatic N) is 2. The summed E-state index contributed by atoms with van der Waals surface area (Å²) in [5.41, 5.74) is 2.82. The van der Waals surface area contributed by atoms with Crippen LogP contribution >= 0.6 is 11.6 Å². The van der Waals surface area contributed by atoms with Crippen molar-refractivity contribution in [2.75, 3.05) is 16.4 Å². The molecule has 0 aliphatic carbocycles. The van der Waals surface area contributed by atoms with Crippen LogP contribution in [0.4, 0.5) is 11.4 Å². The van der Waals surface area contributed by atoms with Gasteiger partial charge in [-0.15, -0.1) is 0 Å². The van der Waals surface area contributed by atoms with E-state index >= 15 is 0 Å². The molecular formula is C27H25ClN2O5. The highest BCUT2D eigenvalue weighted by Gasteiger charge is 2.38. The van der Waals surface area contributed by atoms with Gasteiger partial charge >= 0.3 is 5.97 Å². The summed E-state index contributed by atoms with van der Waals surface area (Å²) in [6.45, 7) is 3.05. The summed E-state index contributed by atoms with van der Waals surface area (Å²) < 4.78 is 5.17. The number of ether oxygens (including phenoxy) is 1. The van der Waals surface area contributed by atoms with Crippen molar-refractivity contribution in [1.29, 1.82) is 0 Å². The Balaban J connectivity index is 1.67. The van der Waals surface area contributed by atoms with Crippen LogP contribution in [-0.4, -0.2) is 35.5 Å². The molecule has 1 heterocycles. The fourth-order valence-electron chi connectivity index (χ4n) is 4.50. The quantitative estimate of drug-likeness (QED) is 0.502. The molecule has 0 spiro atoms. The third-order valence-electron chi connectivity index (χ3n) is 6.00. The van der Waals surface area contributed by atoms with Crippen molar-refractivity contribution in [3.63, 3.8) is 0 Å². The second kappa shape index (κ2) is 10.2. The van der Waals surface area contributed by atoms with Gasteiger partial charge in [0.25, 0.3) is 5.91 Å². The maximum atomic E-state index is 13.6. The van der Waals surface area contributed by atoms with Crippen molar-refractivity contribution in [2.24, 2.45) is 0 Å². The first kappa shape index (κ1) is 24.3. The number of anilines is 2. The highest BCUT2D eigenvalue weighted by atomic mass is 35.5. The van der Waals surface area contributed by atoms with Crippen LogP contribution in [0.3, 0.4) is 0 Å². The fraction of sp³-hybridized carbons (Fsp3) is 0.222. The molecule has 8 heteroatoms. The van der Waals surface area contributed by atoms with Crippen molar-refractivity contribution in [3.8, 4) is 5.75 Å². The molecule has 0 bridgehead atoms. The van der Waals surface area contributed by atoms with Gasteiger partial charge in [-0.05, 0) is 73.5 Å². The zero-order chi connectivity index (χ0) is 25.1. The number of carboxylic acid groups (broad SMARTS) is 1. The van der Waals surface area contributed by atoms with Crippen LogP contribution in [0.15, 0.2) is 72.8 Å². The van der Waals surface area contributed by atoms with Crippen LogP contribution in [0.5, 0.6) is 5.75 Å². The lowest BCUT2D eigenvalue weighted by molar-refractivity contribution is -0.139. The Hall–Kier alpha value is -3.84. The van der Waals surface area contributed by atoms with Crippen LogP contribution in [0.25, 0.3) is 0 Å². The largest absolute Gasteiger partial charge is 0.482 e. The van der Waals surface area contributed by atoms with E-state index in [0.717, 1.165) is 16.9 Å². The van der Waals surface area contributed by atoms with E-state index in [-0.39, 0.29) is 23.9 Å². The predicted octanol–water partition coefficient (Wildman–Crippen LogP) is 5.34. The van der Waals surface area contributed by atoms with E-state index in [4.69, 9.17) is 21.4 Å². The van der Waals surface area contributed by atoms with Gasteiger partial charge in [-0.3, -0.25) is 9.59 Å². The van der Waals surface area contributed by atoms with Gasteiger partial charge in [0, 0.05) is 34.9 Å². The van der Waals surface area contributed by atoms with Crippen molar-refractivity contribution in [3.05, 3.63) is 88.9 Å². The van der Waals surface area contributed by atoms with Gasteiger partial charge in [0.1, 0.15) is 5.75 Å². The van der Waals surface area contributed by atoms with Gasteiger partial charge in [-0.25, -0.2) is 4.79 Å². The summed E-state index contributed by atoms with van der Waals surface area (Å²) in [6, 6.07) is 20.7. The molecule has 0 saturated carbocycles. The molecule has 7 nitrogen and oxygen atoms in total. The smallest absolute Gasteiger partial charge is 0.341 e. The van der Waals surface area contributed by atoms with E-state index < -0.39 is 12.6 Å². The van der Waals surface area contributed by atoms with Gasteiger partial charge in [0.05, 0.1) is 6.04 Å². The van der Waals surface area contributed by atoms with Crippen LogP contribution in [0.2, 0.25) is 5.02 Å². The topological polar surface area (TPSA) is 87.2 Å². The molecular weight excluding hydrogens is 468 g/mol.